The van der Waals surface area contributed by atoms with Crippen molar-refractivity contribution < 1.29 is 9.18 Å². The quantitative estimate of drug-likeness (QED) is 0.386. The molecule has 1 amide bonds. The van der Waals surface area contributed by atoms with Crippen LogP contribution in [0.15, 0.2) is 41.9 Å². The molecule has 154 valence electrons. The van der Waals surface area contributed by atoms with Gasteiger partial charge in [-0.25, -0.2) is 14.4 Å². The van der Waals surface area contributed by atoms with E-state index in [-0.39, 0.29) is 17.5 Å². The Balaban J connectivity index is 1.23. The fourth-order valence-electron chi connectivity index (χ4n) is 3.05. The van der Waals surface area contributed by atoms with Crippen molar-refractivity contribution in [3.63, 3.8) is 0 Å². The summed E-state index contributed by atoms with van der Waals surface area (Å²) in [5.74, 6) is 0.171. The number of imidazole rings is 1. The van der Waals surface area contributed by atoms with Crippen molar-refractivity contribution in [3.8, 4) is 0 Å². The van der Waals surface area contributed by atoms with E-state index in [2.05, 4.69) is 25.3 Å². The van der Waals surface area contributed by atoms with E-state index < -0.39 is 5.82 Å². The second-order valence-electron chi connectivity index (χ2n) is 6.80. The summed E-state index contributed by atoms with van der Waals surface area (Å²) in [6, 6.07) is 9.16. The average Bonchev–Trinajstić information content (AvgIpc) is 3.37. The maximum Gasteiger partial charge on any atom is 0.271 e. The van der Waals surface area contributed by atoms with Crippen LogP contribution < -0.4 is 5.32 Å². The minimum Gasteiger partial charge on any atom is -0.345 e. The normalized spacial score (nSPS) is 11.1. The Kier molecular flexibility index (Phi) is 6.35. The number of hydrogen-bond acceptors (Lipinski definition) is 5. The molecule has 0 saturated heterocycles. The molecule has 6 nitrogen and oxygen atoms in total. The van der Waals surface area contributed by atoms with Gasteiger partial charge in [0.25, 0.3) is 5.91 Å². The fourth-order valence-corrected chi connectivity index (χ4v) is 4.09. The average molecular weight is 444 g/mol. The van der Waals surface area contributed by atoms with Gasteiger partial charge in [-0.3, -0.25) is 9.78 Å². The maximum atomic E-state index is 13.0. The van der Waals surface area contributed by atoms with Crippen LogP contribution in [0.4, 0.5) is 4.39 Å². The number of para-hydroxylation sites is 2. The van der Waals surface area contributed by atoms with E-state index >= 15 is 0 Å². The zero-order valence-electron chi connectivity index (χ0n) is 16.0. The summed E-state index contributed by atoms with van der Waals surface area (Å²) in [5.41, 5.74) is 2.82. The van der Waals surface area contributed by atoms with E-state index in [0.29, 0.717) is 11.4 Å². The first-order valence-electron chi connectivity index (χ1n) is 9.54. The zero-order valence-corrected chi connectivity index (χ0v) is 17.6. The number of nitrogens with zero attached hydrogens (tertiary/aromatic N) is 3. The van der Waals surface area contributed by atoms with Gasteiger partial charge in [0.1, 0.15) is 17.3 Å². The molecule has 30 heavy (non-hydrogen) atoms. The third-order valence-corrected chi connectivity index (χ3v) is 5.81. The van der Waals surface area contributed by atoms with Gasteiger partial charge in [-0.1, -0.05) is 23.7 Å². The molecule has 3 aromatic heterocycles. The first-order chi connectivity index (χ1) is 14.6. The fraction of sp³-hybridized carbons (Fsp3) is 0.238. The van der Waals surface area contributed by atoms with Crippen molar-refractivity contribution in [2.45, 2.75) is 32.2 Å². The van der Waals surface area contributed by atoms with Gasteiger partial charge in [0.2, 0.25) is 0 Å². The third kappa shape index (κ3) is 5.01. The van der Waals surface area contributed by atoms with E-state index in [1.165, 1.54) is 17.4 Å². The van der Waals surface area contributed by atoms with Crippen LogP contribution in [0.25, 0.3) is 11.0 Å². The van der Waals surface area contributed by atoms with Crippen LogP contribution in [-0.2, 0) is 19.4 Å². The first kappa shape index (κ1) is 20.4. The number of amides is 1. The summed E-state index contributed by atoms with van der Waals surface area (Å²) in [5, 5.41) is 5.55. The van der Waals surface area contributed by atoms with E-state index in [1.807, 2.05) is 24.3 Å². The SMILES string of the molecule is O=C(NCc1ncc(F)cc1Cl)c1csc(CCCCc2nc3ccccc3[nH]2)n1. The number of aromatic amines is 1. The second kappa shape index (κ2) is 9.32. The Morgan fingerprint density at radius 3 is 2.87 bits per heavy atom. The van der Waals surface area contributed by atoms with Crippen molar-refractivity contribution in [1.29, 1.82) is 0 Å². The van der Waals surface area contributed by atoms with Gasteiger partial charge in [0, 0.05) is 11.8 Å². The molecule has 0 aliphatic carbocycles. The molecule has 4 rings (SSSR count). The van der Waals surface area contributed by atoms with E-state index in [0.717, 1.165) is 53.7 Å². The Morgan fingerprint density at radius 1 is 1.20 bits per heavy atom. The highest BCUT2D eigenvalue weighted by Gasteiger charge is 2.12. The number of thiazole rings is 1. The predicted molar refractivity (Wildman–Crippen MR) is 115 cm³/mol. The number of pyridine rings is 1. The lowest BCUT2D eigenvalue weighted by Gasteiger charge is -2.04. The standard InChI is InChI=1S/C21H19ClFN5OS/c22-14-9-13(23)10-24-17(14)11-25-21(29)18-12-30-20(28-18)8-4-3-7-19-26-15-5-1-2-6-16(15)27-19/h1-2,5-6,9-10,12H,3-4,7-8,11H2,(H,25,29)(H,26,27). The molecule has 4 aromatic rings. The number of nitrogens with one attached hydrogen (secondary N) is 2. The predicted octanol–water partition coefficient (Wildman–Crippen LogP) is 4.70. The number of carbonyl (C=O) groups is 1. The lowest BCUT2D eigenvalue weighted by Crippen LogP contribution is -2.23. The number of benzene rings is 1. The summed E-state index contributed by atoms with van der Waals surface area (Å²) in [6.45, 7) is 0.113. The van der Waals surface area contributed by atoms with Crippen LogP contribution >= 0.6 is 22.9 Å². The Hall–Kier alpha value is -2.84. The molecule has 0 spiro atoms. The molecule has 1 aromatic carbocycles. The summed E-state index contributed by atoms with van der Waals surface area (Å²) in [4.78, 5) is 28.5. The van der Waals surface area contributed by atoms with Crippen molar-refractivity contribution in [2.24, 2.45) is 0 Å². The maximum absolute atomic E-state index is 13.0. The molecule has 0 aliphatic heterocycles. The summed E-state index contributed by atoms with van der Waals surface area (Å²) < 4.78 is 13.0. The minimum absolute atomic E-state index is 0.113. The summed E-state index contributed by atoms with van der Waals surface area (Å²) >= 11 is 7.40. The molecule has 0 radical (unpaired) electrons. The van der Waals surface area contributed by atoms with E-state index in [4.69, 9.17) is 11.6 Å². The van der Waals surface area contributed by atoms with Crippen LogP contribution in [0.5, 0.6) is 0 Å². The molecule has 0 atom stereocenters. The van der Waals surface area contributed by atoms with Crippen molar-refractivity contribution in [2.75, 3.05) is 0 Å². The van der Waals surface area contributed by atoms with Crippen LogP contribution in [0.3, 0.4) is 0 Å². The number of hydrogen-bond donors (Lipinski definition) is 2. The van der Waals surface area contributed by atoms with Gasteiger partial charge in [0.15, 0.2) is 0 Å². The number of unbranched alkanes of at least 4 members (excludes halogenated alkanes) is 1. The number of H-pyrrole nitrogens is 1. The number of rotatable bonds is 8. The monoisotopic (exact) mass is 443 g/mol. The van der Waals surface area contributed by atoms with Crippen molar-refractivity contribution in [1.82, 2.24) is 25.3 Å². The number of fused-ring (bicyclic) bond motifs is 1. The highest BCUT2D eigenvalue weighted by atomic mass is 35.5. The largest absolute Gasteiger partial charge is 0.345 e. The van der Waals surface area contributed by atoms with Gasteiger partial charge < -0.3 is 10.3 Å². The van der Waals surface area contributed by atoms with Crippen molar-refractivity contribution >= 4 is 39.9 Å². The smallest absolute Gasteiger partial charge is 0.271 e. The van der Waals surface area contributed by atoms with Gasteiger partial charge in [-0.2, -0.15) is 0 Å². The van der Waals surface area contributed by atoms with E-state index in [9.17, 15) is 9.18 Å². The van der Waals surface area contributed by atoms with Gasteiger partial charge in [0.05, 0.1) is 39.5 Å². The molecule has 0 bridgehead atoms. The summed E-state index contributed by atoms with van der Waals surface area (Å²) in [6.07, 6.45) is 4.69. The highest BCUT2D eigenvalue weighted by molar-refractivity contribution is 7.09. The molecule has 2 N–H and O–H groups in total. The summed E-state index contributed by atoms with van der Waals surface area (Å²) in [7, 11) is 0. The van der Waals surface area contributed by atoms with Crippen molar-refractivity contribution in [3.05, 3.63) is 75.0 Å². The second-order valence-corrected chi connectivity index (χ2v) is 8.15. The van der Waals surface area contributed by atoms with Gasteiger partial charge >= 0.3 is 0 Å². The topological polar surface area (TPSA) is 83.6 Å². The first-order valence-corrected chi connectivity index (χ1v) is 10.8. The van der Waals surface area contributed by atoms with E-state index in [1.54, 1.807) is 5.38 Å². The number of aryl methyl sites for hydroxylation is 2. The number of aromatic nitrogens is 4. The third-order valence-electron chi connectivity index (χ3n) is 4.58. The van der Waals surface area contributed by atoms with Gasteiger partial charge in [-0.05, 0) is 37.5 Å². The molecule has 3 heterocycles. The minimum atomic E-state index is -0.514. The van der Waals surface area contributed by atoms with Crippen LogP contribution in [0, 0.1) is 5.82 Å². The van der Waals surface area contributed by atoms with Crippen LogP contribution in [-0.4, -0.2) is 25.8 Å². The number of carbonyl (C=O) groups excluding carboxylic acids is 1. The van der Waals surface area contributed by atoms with Crippen LogP contribution in [0.2, 0.25) is 5.02 Å². The molecular formula is C21H19ClFN5OS. The van der Waals surface area contributed by atoms with Crippen LogP contribution in [0.1, 0.15) is 39.9 Å². The lowest BCUT2D eigenvalue weighted by molar-refractivity contribution is 0.0946. The molecular weight excluding hydrogens is 425 g/mol. The zero-order chi connectivity index (χ0) is 20.9. The molecule has 0 saturated carbocycles. The Morgan fingerprint density at radius 2 is 2.03 bits per heavy atom. The highest BCUT2D eigenvalue weighted by Crippen LogP contribution is 2.17. The molecule has 0 fully saturated rings. The number of halogens is 2. The Bertz CT molecular complexity index is 1140. The van der Waals surface area contributed by atoms with Gasteiger partial charge in [-0.15, -0.1) is 11.3 Å². The molecule has 0 aliphatic rings. The molecule has 0 unspecified atom stereocenters. The molecule has 9 heteroatoms. The lowest BCUT2D eigenvalue weighted by atomic mass is 10.2. The Labute approximate surface area is 181 Å².